The molecule has 0 saturated heterocycles. The van der Waals surface area contributed by atoms with Crippen LogP contribution < -0.4 is 0 Å². The van der Waals surface area contributed by atoms with E-state index in [2.05, 4.69) is 5.10 Å². The molecule has 0 bridgehead atoms. The van der Waals surface area contributed by atoms with Crippen molar-refractivity contribution in [3.63, 3.8) is 0 Å². The molecule has 2 rings (SSSR count). The summed E-state index contributed by atoms with van der Waals surface area (Å²) < 4.78 is 38.2. The maximum Gasteiger partial charge on any atom is 0.435 e. The van der Waals surface area contributed by atoms with E-state index in [0.29, 0.717) is 12.8 Å². The molecule has 1 heterocycles. The highest BCUT2D eigenvalue weighted by Crippen LogP contribution is 2.31. The number of aromatic nitrogens is 2. The summed E-state index contributed by atoms with van der Waals surface area (Å²) in [6, 6.07) is 0.631. The summed E-state index contributed by atoms with van der Waals surface area (Å²) >= 11 is 0. The fraction of sp³-hybridized carbons (Fsp3) is 0.700. The van der Waals surface area contributed by atoms with Gasteiger partial charge in [0.25, 0.3) is 0 Å². The molecule has 2 atom stereocenters. The van der Waals surface area contributed by atoms with E-state index in [-0.39, 0.29) is 6.04 Å². The van der Waals surface area contributed by atoms with Crippen LogP contribution in [0.25, 0.3) is 0 Å². The Morgan fingerprint density at radius 3 is 2.56 bits per heavy atom. The second-order valence-corrected chi connectivity index (χ2v) is 4.10. The Hall–Kier alpha value is -1.04. The fourth-order valence-corrected chi connectivity index (χ4v) is 2.07. The molecule has 1 aliphatic rings. The van der Waals surface area contributed by atoms with E-state index in [1.807, 2.05) is 0 Å². The lowest BCUT2D eigenvalue weighted by molar-refractivity contribution is -0.141. The fourth-order valence-electron chi connectivity index (χ4n) is 2.07. The Balaban J connectivity index is 2.18. The van der Waals surface area contributed by atoms with E-state index in [9.17, 15) is 18.3 Å². The summed E-state index contributed by atoms with van der Waals surface area (Å²) in [5, 5.41) is 13.2. The van der Waals surface area contributed by atoms with Crippen LogP contribution in [0.3, 0.4) is 0 Å². The van der Waals surface area contributed by atoms with Gasteiger partial charge in [0.1, 0.15) is 0 Å². The van der Waals surface area contributed by atoms with Crippen LogP contribution >= 0.6 is 0 Å². The summed E-state index contributed by atoms with van der Waals surface area (Å²) in [5.74, 6) is 0. The van der Waals surface area contributed by atoms with Crippen LogP contribution in [-0.4, -0.2) is 21.0 Å². The molecule has 1 aromatic heterocycles. The molecule has 1 aromatic rings. The van der Waals surface area contributed by atoms with Crippen molar-refractivity contribution in [2.24, 2.45) is 0 Å². The average Bonchev–Trinajstić information content (AvgIpc) is 2.66. The molecule has 0 aromatic carbocycles. The molecule has 16 heavy (non-hydrogen) atoms. The Morgan fingerprint density at radius 1 is 1.31 bits per heavy atom. The van der Waals surface area contributed by atoms with Gasteiger partial charge in [-0.15, -0.1) is 0 Å². The van der Waals surface area contributed by atoms with Crippen molar-refractivity contribution in [1.82, 2.24) is 9.78 Å². The number of alkyl halides is 3. The van der Waals surface area contributed by atoms with E-state index in [1.54, 1.807) is 0 Å². The van der Waals surface area contributed by atoms with Crippen molar-refractivity contribution in [2.75, 3.05) is 0 Å². The molecule has 6 heteroatoms. The number of hydrogen-bond acceptors (Lipinski definition) is 2. The molecule has 0 amide bonds. The number of rotatable bonds is 1. The molecule has 0 radical (unpaired) electrons. The Morgan fingerprint density at radius 2 is 2.00 bits per heavy atom. The Kier molecular flexibility index (Phi) is 2.92. The zero-order valence-electron chi connectivity index (χ0n) is 8.61. The highest BCUT2D eigenvalue weighted by molar-refractivity contribution is 5.04. The summed E-state index contributed by atoms with van der Waals surface area (Å²) in [7, 11) is 0. The first-order valence-corrected chi connectivity index (χ1v) is 5.29. The van der Waals surface area contributed by atoms with Gasteiger partial charge >= 0.3 is 6.18 Å². The molecule has 1 N–H and O–H groups in total. The van der Waals surface area contributed by atoms with E-state index >= 15 is 0 Å². The summed E-state index contributed by atoms with van der Waals surface area (Å²) in [6.07, 6.45) is -0.554. The van der Waals surface area contributed by atoms with Crippen molar-refractivity contribution in [1.29, 1.82) is 0 Å². The number of hydrogen-bond donors (Lipinski definition) is 1. The molecule has 1 saturated carbocycles. The first-order chi connectivity index (χ1) is 7.48. The monoisotopic (exact) mass is 234 g/mol. The van der Waals surface area contributed by atoms with Gasteiger partial charge in [-0.25, -0.2) is 0 Å². The quantitative estimate of drug-likeness (QED) is 0.810. The highest BCUT2D eigenvalue weighted by Gasteiger charge is 2.35. The van der Waals surface area contributed by atoms with Gasteiger partial charge in [-0.3, -0.25) is 4.68 Å². The van der Waals surface area contributed by atoms with E-state index in [1.165, 1.54) is 10.9 Å². The van der Waals surface area contributed by atoms with Gasteiger partial charge in [0.2, 0.25) is 0 Å². The van der Waals surface area contributed by atoms with Crippen LogP contribution in [0.2, 0.25) is 0 Å². The van der Waals surface area contributed by atoms with E-state index < -0.39 is 18.0 Å². The van der Waals surface area contributed by atoms with Crippen molar-refractivity contribution in [2.45, 2.75) is 44.0 Å². The summed E-state index contributed by atoms with van der Waals surface area (Å²) in [5.41, 5.74) is -0.898. The van der Waals surface area contributed by atoms with Gasteiger partial charge in [-0.05, 0) is 18.9 Å². The zero-order chi connectivity index (χ0) is 11.8. The van der Waals surface area contributed by atoms with Crippen LogP contribution in [0.1, 0.15) is 37.4 Å². The van der Waals surface area contributed by atoms with Crippen LogP contribution in [0.15, 0.2) is 12.3 Å². The second-order valence-electron chi connectivity index (χ2n) is 4.10. The van der Waals surface area contributed by atoms with Crippen molar-refractivity contribution < 1.29 is 18.3 Å². The standard InChI is InChI=1S/C10H13F3N2O/c11-10(12,13)9-5-6-15(14-9)7-3-1-2-4-8(7)16/h5-8,16H,1-4H2/t7-,8-/m0/s1. The third-order valence-corrected chi connectivity index (χ3v) is 2.93. The number of aliphatic hydroxyl groups is 1. The van der Waals surface area contributed by atoms with Gasteiger partial charge in [0, 0.05) is 6.20 Å². The summed E-state index contributed by atoms with van der Waals surface area (Å²) in [4.78, 5) is 0. The predicted molar refractivity (Wildman–Crippen MR) is 50.7 cm³/mol. The van der Waals surface area contributed by atoms with Crippen LogP contribution in [0.4, 0.5) is 13.2 Å². The molecule has 0 unspecified atom stereocenters. The third-order valence-electron chi connectivity index (χ3n) is 2.93. The van der Waals surface area contributed by atoms with Crippen LogP contribution in [-0.2, 0) is 6.18 Å². The molecular formula is C10H13F3N2O. The molecule has 0 spiro atoms. The van der Waals surface area contributed by atoms with E-state index in [0.717, 1.165) is 18.9 Å². The number of aliphatic hydroxyl groups excluding tert-OH is 1. The minimum absolute atomic E-state index is 0.315. The lowest BCUT2D eigenvalue weighted by Gasteiger charge is -2.27. The first kappa shape index (κ1) is 11.4. The average molecular weight is 234 g/mol. The number of nitrogens with zero attached hydrogens (tertiary/aromatic N) is 2. The Bertz CT molecular complexity index is 361. The van der Waals surface area contributed by atoms with Crippen LogP contribution in [0, 0.1) is 0 Å². The van der Waals surface area contributed by atoms with E-state index in [4.69, 9.17) is 0 Å². The summed E-state index contributed by atoms with van der Waals surface area (Å²) in [6.45, 7) is 0. The molecule has 1 aliphatic carbocycles. The topological polar surface area (TPSA) is 38.0 Å². The lowest BCUT2D eigenvalue weighted by Crippen LogP contribution is -2.28. The van der Waals surface area contributed by atoms with Gasteiger partial charge < -0.3 is 5.11 Å². The van der Waals surface area contributed by atoms with Crippen LogP contribution in [0.5, 0.6) is 0 Å². The van der Waals surface area contributed by atoms with Crippen molar-refractivity contribution in [3.8, 4) is 0 Å². The minimum Gasteiger partial charge on any atom is -0.391 e. The minimum atomic E-state index is -4.41. The van der Waals surface area contributed by atoms with Gasteiger partial charge in [-0.2, -0.15) is 18.3 Å². The van der Waals surface area contributed by atoms with Gasteiger partial charge in [-0.1, -0.05) is 12.8 Å². The maximum absolute atomic E-state index is 12.3. The molecule has 90 valence electrons. The first-order valence-electron chi connectivity index (χ1n) is 5.29. The zero-order valence-corrected chi connectivity index (χ0v) is 8.61. The highest BCUT2D eigenvalue weighted by atomic mass is 19.4. The molecule has 0 aliphatic heterocycles. The normalized spacial score (nSPS) is 27.0. The van der Waals surface area contributed by atoms with Crippen molar-refractivity contribution in [3.05, 3.63) is 18.0 Å². The van der Waals surface area contributed by atoms with Crippen molar-refractivity contribution >= 4 is 0 Å². The maximum atomic E-state index is 12.3. The SMILES string of the molecule is O[C@H]1CCCC[C@@H]1n1ccc(C(F)(F)F)n1. The third kappa shape index (κ3) is 2.21. The smallest absolute Gasteiger partial charge is 0.391 e. The second kappa shape index (κ2) is 4.08. The Labute approximate surface area is 90.9 Å². The molecule has 1 fully saturated rings. The predicted octanol–water partition coefficient (Wildman–Crippen LogP) is 2.38. The number of halogens is 3. The molecular weight excluding hydrogens is 221 g/mol. The van der Waals surface area contributed by atoms with Gasteiger partial charge in [0.15, 0.2) is 5.69 Å². The molecule has 3 nitrogen and oxygen atoms in total. The van der Waals surface area contributed by atoms with Gasteiger partial charge in [0.05, 0.1) is 12.1 Å². The lowest BCUT2D eigenvalue weighted by atomic mass is 9.93. The largest absolute Gasteiger partial charge is 0.435 e.